The monoisotopic (exact) mass is 192 g/mol. The van der Waals surface area contributed by atoms with Crippen molar-refractivity contribution in [2.24, 2.45) is 5.73 Å². The van der Waals surface area contributed by atoms with E-state index < -0.39 is 0 Å². The Balaban J connectivity index is 2.50. The van der Waals surface area contributed by atoms with Crippen molar-refractivity contribution >= 4 is 11.5 Å². The Bertz CT molecular complexity index is 446. The summed E-state index contributed by atoms with van der Waals surface area (Å²) in [6.07, 6.45) is 3.96. The maximum absolute atomic E-state index is 5.68. The van der Waals surface area contributed by atoms with Crippen molar-refractivity contribution in [1.82, 2.24) is 19.6 Å². The van der Waals surface area contributed by atoms with Crippen LogP contribution >= 0.6 is 0 Å². The largest absolute Gasteiger partial charge is 0.396 e. The van der Waals surface area contributed by atoms with E-state index in [9.17, 15) is 0 Å². The molecule has 2 aromatic heterocycles. The van der Waals surface area contributed by atoms with Crippen LogP contribution < -0.4 is 11.5 Å². The summed E-state index contributed by atoms with van der Waals surface area (Å²) in [6.45, 7) is 1.92. The Morgan fingerprint density at radius 2 is 2.29 bits per heavy atom. The second-order valence-corrected chi connectivity index (χ2v) is 3.35. The van der Waals surface area contributed by atoms with Gasteiger partial charge in [0, 0.05) is 18.7 Å². The zero-order valence-corrected chi connectivity index (χ0v) is 7.88. The van der Waals surface area contributed by atoms with Crippen LogP contribution in [0.25, 0.3) is 5.78 Å². The van der Waals surface area contributed by atoms with E-state index >= 15 is 0 Å². The molecule has 0 bridgehead atoms. The number of rotatable bonds is 2. The number of nitrogens with two attached hydrogens (primary N) is 2. The highest BCUT2D eigenvalue weighted by atomic mass is 15.3. The van der Waals surface area contributed by atoms with Gasteiger partial charge in [-0.15, -0.1) is 10.2 Å². The first-order valence-electron chi connectivity index (χ1n) is 4.37. The molecule has 0 aromatic carbocycles. The molecule has 0 spiro atoms. The Labute approximate surface area is 81.0 Å². The van der Waals surface area contributed by atoms with E-state index in [1.165, 1.54) is 0 Å². The number of hydrogen-bond donors (Lipinski definition) is 2. The first-order valence-corrected chi connectivity index (χ1v) is 4.37. The topological polar surface area (TPSA) is 95.1 Å². The number of fused-ring (bicyclic) bond motifs is 1. The zero-order chi connectivity index (χ0) is 10.1. The van der Waals surface area contributed by atoms with Gasteiger partial charge in [-0.1, -0.05) is 0 Å². The van der Waals surface area contributed by atoms with Crippen molar-refractivity contribution in [2.45, 2.75) is 19.4 Å². The molecule has 6 nitrogen and oxygen atoms in total. The van der Waals surface area contributed by atoms with Crippen LogP contribution in [-0.2, 0) is 6.42 Å². The first-order chi connectivity index (χ1) is 6.66. The van der Waals surface area contributed by atoms with Crippen LogP contribution in [0.15, 0.2) is 12.4 Å². The lowest BCUT2D eigenvalue weighted by molar-refractivity contribution is 0.694. The van der Waals surface area contributed by atoms with Crippen LogP contribution in [0.5, 0.6) is 0 Å². The van der Waals surface area contributed by atoms with Crippen molar-refractivity contribution in [2.75, 3.05) is 5.73 Å². The van der Waals surface area contributed by atoms with E-state index in [0.29, 0.717) is 17.9 Å². The second kappa shape index (κ2) is 3.22. The molecule has 0 aliphatic heterocycles. The summed E-state index contributed by atoms with van der Waals surface area (Å²) in [7, 11) is 0. The van der Waals surface area contributed by atoms with Gasteiger partial charge >= 0.3 is 0 Å². The van der Waals surface area contributed by atoms with Crippen LogP contribution in [-0.4, -0.2) is 25.6 Å². The molecule has 0 saturated carbocycles. The van der Waals surface area contributed by atoms with Crippen molar-refractivity contribution < 1.29 is 0 Å². The third-order valence-electron chi connectivity index (χ3n) is 1.86. The van der Waals surface area contributed by atoms with Gasteiger partial charge in [-0.05, 0) is 6.92 Å². The molecule has 1 unspecified atom stereocenters. The zero-order valence-electron chi connectivity index (χ0n) is 7.88. The minimum atomic E-state index is 0.0452. The first kappa shape index (κ1) is 8.89. The summed E-state index contributed by atoms with van der Waals surface area (Å²) in [4.78, 5) is 4.03. The Hall–Kier alpha value is -1.69. The van der Waals surface area contributed by atoms with Crippen molar-refractivity contribution in [3.05, 3.63) is 18.2 Å². The fraction of sp³-hybridized carbons (Fsp3) is 0.375. The van der Waals surface area contributed by atoms with E-state index in [-0.39, 0.29) is 6.04 Å². The summed E-state index contributed by atoms with van der Waals surface area (Å²) < 4.78 is 1.76. The molecule has 0 radical (unpaired) electrons. The lowest BCUT2D eigenvalue weighted by Gasteiger charge is -2.02. The lowest BCUT2D eigenvalue weighted by atomic mass is 10.2. The summed E-state index contributed by atoms with van der Waals surface area (Å²) >= 11 is 0. The minimum Gasteiger partial charge on any atom is -0.396 e. The van der Waals surface area contributed by atoms with Gasteiger partial charge in [0.2, 0.25) is 0 Å². The van der Waals surface area contributed by atoms with Gasteiger partial charge in [-0.2, -0.15) is 0 Å². The van der Waals surface area contributed by atoms with Crippen molar-refractivity contribution in [3.63, 3.8) is 0 Å². The van der Waals surface area contributed by atoms with Crippen molar-refractivity contribution in [1.29, 1.82) is 0 Å². The third kappa shape index (κ3) is 1.51. The fourth-order valence-electron chi connectivity index (χ4n) is 1.28. The van der Waals surface area contributed by atoms with Crippen LogP contribution in [0.1, 0.15) is 12.7 Å². The highest BCUT2D eigenvalue weighted by molar-refractivity contribution is 5.39. The Kier molecular flexibility index (Phi) is 2.05. The summed E-state index contributed by atoms with van der Waals surface area (Å²) in [5, 5.41) is 7.90. The molecule has 2 aromatic rings. The average molecular weight is 192 g/mol. The summed E-state index contributed by atoms with van der Waals surface area (Å²) in [6, 6.07) is 0.0452. The quantitative estimate of drug-likeness (QED) is 0.674. The van der Waals surface area contributed by atoms with E-state index in [1.807, 2.05) is 6.92 Å². The van der Waals surface area contributed by atoms with Gasteiger partial charge in [0.15, 0.2) is 0 Å². The molecular weight excluding hydrogens is 180 g/mol. The maximum atomic E-state index is 5.68. The van der Waals surface area contributed by atoms with Gasteiger partial charge in [0.05, 0.1) is 11.9 Å². The molecule has 4 N–H and O–H groups in total. The molecule has 74 valence electrons. The molecule has 14 heavy (non-hydrogen) atoms. The number of anilines is 1. The number of aromatic nitrogens is 4. The van der Waals surface area contributed by atoms with Gasteiger partial charge in [0.25, 0.3) is 5.78 Å². The third-order valence-corrected chi connectivity index (χ3v) is 1.86. The average Bonchev–Trinajstić information content (AvgIpc) is 2.47. The number of nitrogens with zero attached hydrogens (tertiary/aromatic N) is 4. The normalized spacial score (nSPS) is 13.3. The molecule has 0 aliphatic rings. The second-order valence-electron chi connectivity index (χ2n) is 3.35. The Morgan fingerprint density at radius 1 is 1.50 bits per heavy atom. The minimum absolute atomic E-state index is 0.0452. The maximum Gasteiger partial charge on any atom is 0.255 e. The smallest absolute Gasteiger partial charge is 0.255 e. The van der Waals surface area contributed by atoms with Crippen LogP contribution in [0.2, 0.25) is 0 Å². The standard InChI is InChI=1S/C8H12N6/c1-5(9)2-7-12-13-8-11-3-6(10)4-14(7)8/h3-5H,2,9-10H2,1H3. The number of nitrogen functional groups attached to an aromatic ring is 1. The summed E-state index contributed by atoms with van der Waals surface area (Å²) in [5.41, 5.74) is 11.9. The van der Waals surface area contributed by atoms with Gasteiger partial charge in [-0.3, -0.25) is 4.40 Å². The molecule has 2 heterocycles. The molecule has 0 amide bonds. The van der Waals surface area contributed by atoms with E-state index in [1.54, 1.807) is 16.8 Å². The molecule has 0 fully saturated rings. The van der Waals surface area contributed by atoms with E-state index in [2.05, 4.69) is 15.2 Å². The molecule has 1 atom stereocenters. The van der Waals surface area contributed by atoms with Gasteiger partial charge < -0.3 is 11.5 Å². The fourth-order valence-corrected chi connectivity index (χ4v) is 1.28. The summed E-state index contributed by atoms with van der Waals surface area (Å²) in [5.74, 6) is 1.34. The van der Waals surface area contributed by atoms with Crippen LogP contribution in [0.4, 0.5) is 5.69 Å². The molecule has 6 heteroatoms. The van der Waals surface area contributed by atoms with Gasteiger partial charge in [0.1, 0.15) is 5.82 Å². The number of hydrogen-bond acceptors (Lipinski definition) is 5. The van der Waals surface area contributed by atoms with E-state index in [4.69, 9.17) is 11.5 Å². The van der Waals surface area contributed by atoms with Crippen LogP contribution in [0.3, 0.4) is 0 Å². The highest BCUT2D eigenvalue weighted by Crippen LogP contribution is 2.06. The molecule has 0 aliphatic carbocycles. The predicted molar refractivity (Wildman–Crippen MR) is 52.5 cm³/mol. The van der Waals surface area contributed by atoms with Crippen molar-refractivity contribution in [3.8, 4) is 0 Å². The van der Waals surface area contributed by atoms with Crippen LogP contribution in [0, 0.1) is 0 Å². The SMILES string of the molecule is CC(N)Cc1nnc2ncc(N)cn12. The molecule has 2 rings (SSSR count). The lowest BCUT2D eigenvalue weighted by Crippen LogP contribution is -2.19. The molecule has 0 saturated heterocycles. The predicted octanol–water partition coefficient (Wildman–Crippen LogP) is -0.404. The highest BCUT2D eigenvalue weighted by Gasteiger charge is 2.07. The Morgan fingerprint density at radius 3 is 3.00 bits per heavy atom. The molecular formula is C8H12N6. The van der Waals surface area contributed by atoms with Gasteiger partial charge in [-0.25, -0.2) is 4.98 Å². The van der Waals surface area contributed by atoms with E-state index in [0.717, 1.165) is 5.82 Å².